The van der Waals surface area contributed by atoms with E-state index in [1.165, 1.54) is 13.2 Å². The van der Waals surface area contributed by atoms with Crippen molar-refractivity contribution in [2.45, 2.75) is 6.92 Å². The van der Waals surface area contributed by atoms with Crippen LogP contribution in [0.5, 0.6) is 0 Å². The van der Waals surface area contributed by atoms with Gasteiger partial charge in [-0.25, -0.2) is 9.37 Å². The van der Waals surface area contributed by atoms with Gasteiger partial charge in [-0.1, -0.05) is 6.92 Å². The topological polar surface area (TPSA) is 42.4 Å². The lowest BCUT2D eigenvalue weighted by Crippen LogP contribution is -2.29. The third-order valence-corrected chi connectivity index (χ3v) is 2.25. The minimum absolute atomic E-state index is 0.248. The predicted octanol–water partition coefficient (Wildman–Crippen LogP) is 1.47. The smallest absolute Gasteiger partial charge is 0.310 e. The fourth-order valence-corrected chi connectivity index (χ4v) is 1.37. The number of hydrogen-bond donors (Lipinski definition) is 0. The maximum absolute atomic E-state index is 12.6. The third-order valence-electron chi connectivity index (χ3n) is 2.25. The molecule has 1 rings (SSSR count). The summed E-state index contributed by atoms with van der Waals surface area (Å²) in [6.45, 7) is 2.25. The van der Waals surface area contributed by atoms with Crippen LogP contribution in [0.4, 0.5) is 10.2 Å². The number of carbonyl (C=O) groups is 1. The fourth-order valence-electron chi connectivity index (χ4n) is 1.37. The van der Waals surface area contributed by atoms with Crippen LogP contribution < -0.4 is 4.90 Å². The zero-order valence-electron chi connectivity index (χ0n) is 9.61. The maximum atomic E-state index is 12.6. The lowest BCUT2D eigenvalue weighted by Gasteiger charge is -2.20. The molecule has 0 fully saturated rings. The highest BCUT2D eigenvalue weighted by molar-refractivity contribution is 5.72. The van der Waals surface area contributed by atoms with E-state index in [1.807, 2.05) is 0 Å². The lowest BCUT2D eigenvalue weighted by atomic mass is 10.2. The first-order chi connectivity index (χ1) is 7.54. The third kappa shape index (κ3) is 3.18. The van der Waals surface area contributed by atoms with Gasteiger partial charge in [0.1, 0.15) is 11.6 Å². The molecule has 4 nitrogen and oxygen atoms in total. The van der Waals surface area contributed by atoms with Crippen LogP contribution in [0.3, 0.4) is 0 Å². The molecule has 0 aliphatic rings. The van der Waals surface area contributed by atoms with Crippen LogP contribution in [0, 0.1) is 11.7 Å². The summed E-state index contributed by atoms with van der Waals surface area (Å²) in [4.78, 5) is 16.9. The molecule has 0 saturated carbocycles. The van der Waals surface area contributed by atoms with Gasteiger partial charge in [0, 0.05) is 13.6 Å². The quantitative estimate of drug-likeness (QED) is 0.729. The van der Waals surface area contributed by atoms with Gasteiger partial charge in [-0.05, 0) is 12.1 Å². The van der Waals surface area contributed by atoms with Crippen molar-refractivity contribution in [1.29, 1.82) is 0 Å². The number of halogens is 1. The largest absolute Gasteiger partial charge is 0.469 e. The molecule has 0 aliphatic carbocycles. The van der Waals surface area contributed by atoms with Crippen LogP contribution in [0.15, 0.2) is 18.3 Å². The fraction of sp³-hybridized carbons (Fsp3) is 0.455. The second-order valence-electron chi connectivity index (χ2n) is 3.64. The Balaban J connectivity index is 2.61. The molecule has 1 atom stereocenters. The van der Waals surface area contributed by atoms with Crippen molar-refractivity contribution < 1.29 is 13.9 Å². The molecule has 0 radical (unpaired) electrons. The number of esters is 1. The van der Waals surface area contributed by atoms with Crippen molar-refractivity contribution in [2.75, 3.05) is 25.6 Å². The zero-order chi connectivity index (χ0) is 12.1. The van der Waals surface area contributed by atoms with Gasteiger partial charge in [-0.2, -0.15) is 0 Å². The first kappa shape index (κ1) is 12.4. The molecule has 0 saturated heterocycles. The minimum atomic E-state index is -0.377. The van der Waals surface area contributed by atoms with Gasteiger partial charge in [0.25, 0.3) is 0 Å². The van der Waals surface area contributed by atoms with Crippen molar-refractivity contribution in [3.05, 3.63) is 24.1 Å². The number of ether oxygens (including phenoxy) is 1. The molecule has 16 heavy (non-hydrogen) atoms. The molecular weight excluding hydrogens is 211 g/mol. The van der Waals surface area contributed by atoms with E-state index in [4.69, 9.17) is 0 Å². The minimum Gasteiger partial charge on any atom is -0.469 e. The summed E-state index contributed by atoms with van der Waals surface area (Å²) in [5.41, 5.74) is 0. The van der Waals surface area contributed by atoms with E-state index in [0.717, 1.165) is 6.20 Å². The van der Waals surface area contributed by atoms with Gasteiger partial charge in [0.05, 0.1) is 19.2 Å². The first-order valence-electron chi connectivity index (χ1n) is 4.95. The van der Waals surface area contributed by atoms with Gasteiger partial charge in [-0.15, -0.1) is 0 Å². The van der Waals surface area contributed by atoms with Crippen LogP contribution in [0.2, 0.25) is 0 Å². The summed E-state index contributed by atoms with van der Waals surface area (Å²) in [6, 6.07) is 2.90. The summed E-state index contributed by atoms with van der Waals surface area (Å²) in [6.07, 6.45) is 1.15. The second kappa shape index (κ2) is 5.44. The molecule has 88 valence electrons. The summed E-state index contributed by atoms with van der Waals surface area (Å²) in [7, 11) is 3.15. The van der Waals surface area contributed by atoms with Gasteiger partial charge in [0.15, 0.2) is 0 Å². The highest BCUT2D eigenvalue weighted by atomic mass is 19.1. The van der Waals surface area contributed by atoms with Crippen molar-refractivity contribution in [3.8, 4) is 0 Å². The monoisotopic (exact) mass is 226 g/mol. The molecular formula is C11H15FN2O2. The SMILES string of the molecule is COC(=O)C(C)CN(C)c1ccc(F)cn1. The Kier molecular flexibility index (Phi) is 4.22. The van der Waals surface area contributed by atoms with E-state index in [0.29, 0.717) is 12.4 Å². The van der Waals surface area contributed by atoms with E-state index in [9.17, 15) is 9.18 Å². The molecule has 0 aliphatic heterocycles. The standard InChI is InChI=1S/C11H15FN2O2/c1-8(11(15)16-3)7-14(2)10-5-4-9(12)6-13-10/h4-6,8H,7H2,1-3H3. The summed E-state index contributed by atoms with van der Waals surface area (Å²) in [5.74, 6) is -0.272. The average molecular weight is 226 g/mol. The second-order valence-corrected chi connectivity index (χ2v) is 3.64. The number of aromatic nitrogens is 1. The molecule has 0 bridgehead atoms. The molecule has 1 unspecified atom stereocenters. The van der Waals surface area contributed by atoms with Gasteiger partial charge in [-0.3, -0.25) is 4.79 Å². The molecule has 5 heteroatoms. The molecule has 1 heterocycles. The first-order valence-corrected chi connectivity index (χ1v) is 4.95. The molecule has 0 amide bonds. The van der Waals surface area contributed by atoms with E-state index in [2.05, 4.69) is 9.72 Å². The highest BCUT2D eigenvalue weighted by Gasteiger charge is 2.16. The molecule has 1 aromatic heterocycles. The Hall–Kier alpha value is -1.65. The number of hydrogen-bond acceptors (Lipinski definition) is 4. The number of methoxy groups -OCH3 is 1. The van der Waals surface area contributed by atoms with E-state index >= 15 is 0 Å². The van der Waals surface area contributed by atoms with Crippen LogP contribution in [-0.4, -0.2) is 31.7 Å². The molecule has 0 spiro atoms. The summed E-state index contributed by atoms with van der Waals surface area (Å²) >= 11 is 0. The Labute approximate surface area is 94.0 Å². The van der Waals surface area contributed by atoms with Crippen LogP contribution in [0.1, 0.15) is 6.92 Å². The van der Waals surface area contributed by atoms with Crippen molar-refractivity contribution in [3.63, 3.8) is 0 Å². The average Bonchev–Trinajstić information content (AvgIpc) is 2.28. The Morgan fingerprint density at radius 2 is 2.31 bits per heavy atom. The molecule has 0 aromatic carbocycles. The number of rotatable bonds is 4. The summed E-state index contributed by atoms with van der Waals surface area (Å²) in [5, 5.41) is 0. The highest BCUT2D eigenvalue weighted by Crippen LogP contribution is 2.11. The Bertz CT molecular complexity index is 354. The number of anilines is 1. The van der Waals surface area contributed by atoms with Crippen molar-refractivity contribution in [2.24, 2.45) is 5.92 Å². The molecule has 0 N–H and O–H groups in total. The van der Waals surface area contributed by atoms with Crippen molar-refractivity contribution >= 4 is 11.8 Å². The van der Waals surface area contributed by atoms with Crippen LogP contribution in [0.25, 0.3) is 0 Å². The van der Waals surface area contributed by atoms with Gasteiger partial charge >= 0.3 is 5.97 Å². The number of pyridine rings is 1. The van der Waals surface area contributed by atoms with Crippen molar-refractivity contribution in [1.82, 2.24) is 4.98 Å². The van der Waals surface area contributed by atoms with Crippen LogP contribution >= 0.6 is 0 Å². The van der Waals surface area contributed by atoms with Crippen LogP contribution in [-0.2, 0) is 9.53 Å². The Morgan fingerprint density at radius 1 is 1.62 bits per heavy atom. The van der Waals surface area contributed by atoms with E-state index < -0.39 is 0 Å². The van der Waals surface area contributed by atoms with E-state index in [-0.39, 0.29) is 17.7 Å². The Morgan fingerprint density at radius 3 is 2.81 bits per heavy atom. The predicted molar refractivity (Wildman–Crippen MR) is 58.6 cm³/mol. The molecule has 1 aromatic rings. The number of carbonyl (C=O) groups excluding carboxylic acids is 1. The zero-order valence-corrected chi connectivity index (χ0v) is 9.61. The lowest BCUT2D eigenvalue weighted by molar-refractivity contribution is -0.144. The normalized spacial score (nSPS) is 12.0. The summed E-state index contributed by atoms with van der Waals surface area (Å²) < 4.78 is 17.3. The maximum Gasteiger partial charge on any atom is 0.310 e. The number of nitrogens with zero attached hydrogens (tertiary/aromatic N) is 2. The van der Waals surface area contributed by atoms with Gasteiger partial charge < -0.3 is 9.64 Å². The van der Waals surface area contributed by atoms with E-state index in [1.54, 1.807) is 24.9 Å². The van der Waals surface area contributed by atoms with Gasteiger partial charge in [0.2, 0.25) is 0 Å².